The average molecular weight is 630 g/mol. The first-order chi connectivity index (χ1) is 20.3. The van der Waals surface area contributed by atoms with Crippen molar-refractivity contribution >= 4 is 47.0 Å². The third-order valence-electron chi connectivity index (χ3n) is 7.24. The summed E-state index contributed by atoms with van der Waals surface area (Å²) in [5.74, 6) is -3.97. The molecule has 2 fully saturated rings. The number of hydrogen-bond acceptors (Lipinski definition) is 8. The van der Waals surface area contributed by atoms with Crippen molar-refractivity contribution in [2.24, 2.45) is 5.92 Å². The van der Waals surface area contributed by atoms with Gasteiger partial charge in [-0.25, -0.2) is 19.1 Å². The molecule has 1 saturated carbocycles. The first kappa shape index (κ1) is 32.1. The fraction of sp³-hybridized carbons (Fsp3) is 0.444. The van der Waals surface area contributed by atoms with E-state index in [0.717, 1.165) is 17.7 Å². The molecule has 3 heterocycles. The fourth-order valence-corrected chi connectivity index (χ4v) is 5.12. The number of carbonyl (C=O) groups excluding carboxylic acids is 4. The summed E-state index contributed by atoms with van der Waals surface area (Å²) >= 11 is 6.11. The molecule has 16 heteroatoms. The standard InChI is InChI=1S/C25H27ClFN5O4.C2HF3O2/c1-28-19-12-15(7-10-30-19)22(33)31-17(11-14-3-4-14)23(34)32-18-6-5-16(26)21(27)20(18)25(36-24(32)35)8-2-9-29-13-25;3-2(4,5)1(6)7/h5-7,10,12,14,17,29H,2-4,8-9,11,13H2,1H3,(H,28,30)(H,31,33);(H,6,7)/t17-,25-;/m0./s1. The molecule has 5 rings (SSSR count). The first-order valence-corrected chi connectivity index (χ1v) is 13.8. The predicted octanol–water partition coefficient (Wildman–Crippen LogP) is 1.66. The highest BCUT2D eigenvalue weighted by Gasteiger charge is 2.51. The minimum atomic E-state index is -5.19. The van der Waals surface area contributed by atoms with Crippen molar-refractivity contribution in [3.05, 3.63) is 52.4 Å². The molecular formula is C27H28ClF4N5O6. The van der Waals surface area contributed by atoms with Gasteiger partial charge in [-0.1, -0.05) is 24.4 Å². The molecule has 3 amide bonds. The van der Waals surface area contributed by atoms with E-state index in [1.54, 1.807) is 17.4 Å². The van der Waals surface area contributed by atoms with Crippen LogP contribution in [0.4, 0.5) is 33.9 Å². The number of alkyl halides is 3. The maximum absolute atomic E-state index is 15.4. The van der Waals surface area contributed by atoms with Crippen molar-refractivity contribution in [2.75, 3.05) is 25.0 Å². The molecule has 0 bridgehead atoms. The molecule has 1 aliphatic carbocycles. The number of pyridine rings is 1. The number of carboxylic acids is 1. The molecule has 43 heavy (non-hydrogen) atoms. The zero-order chi connectivity index (χ0) is 31.5. The van der Waals surface area contributed by atoms with Crippen molar-refractivity contribution in [2.45, 2.75) is 49.9 Å². The lowest BCUT2D eigenvalue weighted by Crippen LogP contribution is -2.73. The number of aliphatic carboxylic acids is 1. The van der Waals surface area contributed by atoms with Crippen molar-refractivity contribution in [1.82, 2.24) is 15.6 Å². The van der Waals surface area contributed by atoms with Crippen LogP contribution >= 0.6 is 11.6 Å². The number of carboxylic acid groups (broad SMARTS) is 1. The lowest BCUT2D eigenvalue weighted by Gasteiger charge is -2.44. The van der Waals surface area contributed by atoms with E-state index >= 15 is 4.39 Å². The Kier molecular flexibility index (Phi) is 9.57. The number of nitrogens with zero attached hydrogens (tertiary/aromatic N) is 2. The van der Waals surface area contributed by atoms with Crippen LogP contribution in [0, 0.1) is 11.7 Å². The van der Waals surface area contributed by atoms with Gasteiger partial charge in [-0.05, 0) is 49.9 Å². The fourth-order valence-electron chi connectivity index (χ4n) is 4.96. The molecule has 2 atom stereocenters. The van der Waals surface area contributed by atoms with Crippen LogP contribution in [-0.2, 0) is 19.9 Å². The quantitative estimate of drug-likeness (QED) is 0.407. The highest BCUT2D eigenvalue weighted by Crippen LogP contribution is 2.46. The number of imide groups is 1. The topological polar surface area (TPSA) is 157 Å². The number of aromatic nitrogens is 1. The minimum absolute atomic E-state index is 0.0870. The van der Waals surface area contributed by atoms with Crippen LogP contribution in [0.25, 0.3) is 0 Å². The average Bonchev–Trinajstić information content (AvgIpc) is 3.78. The van der Waals surface area contributed by atoms with Gasteiger partial charge in [-0.2, -0.15) is 13.2 Å². The Morgan fingerprint density at radius 3 is 2.58 bits per heavy atom. The summed E-state index contributed by atoms with van der Waals surface area (Å²) in [5.41, 5.74) is -0.721. The molecule has 11 nitrogen and oxygen atoms in total. The predicted molar refractivity (Wildman–Crippen MR) is 141 cm³/mol. The number of piperidine rings is 1. The van der Waals surface area contributed by atoms with Gasteiger partial charge in [-0.3, -0.25) is 14.9 Å². The smallest absolute Gasteiger partial charge is 0.430 e. The molecule has 3 aliphatic rings. The number of nitrogens with one attached hydrogen (secondary N) is 2. The number of anilines is 1. The molecule has 0 radical (unpaired) electrons. The zero-order valence-electron chi connectivity index (χ0n) is 22.8. The number of benzene rings is 1. The lowest BCUT2D eigenvalue weighted by atomic mass is 9.83. The maximum Gasteiger partial charge on any atom is 0.430 e. The molecule has 2 aliphatic heterocycles. The van der Waals surface area contributed by atoms with Crippen molar-refractivity contribution < 1.29 is 51.9 Å². The summed E-state index contributed by atoms with van der Waals surface area (Å²) in [5, 5.41) is 16.4. The van der Waals surface area contributed by atoms with E-state index in [-0.39, 0.29) is 28.7 Å². The van der Waals surface area contributed by atoms with Gasteiger partial charge in [0.05, 0.1) is 23.3 Å². The number of ether oxygens (including phenoxy) is 1. The summed E-state index contributed by atoms with van der Waals surface area (Å²) in [7, 11) is 1.81. The first-order valence-electron chi connectivity index (χ1n) is 13.4. The van der Waals surface area contributed by atoms with Gasteiger partial charge in [0.1, 0.15) is 12.0 Å². The van der Waals surface area contributed by atoms with E-state index in [0.29, 0.717) is 37.2 Å². The summed E-state index contributed by atoms with van der Waals surface area (Å²) < 4.78 is 52.8. The van der Waals surface area contributed by atoms with Crippen molar-refractivity contribution in [1.29, 1.82) is 0 Å². The molecule has 1 aromatic heterocycles. The van der Waals surface area contributed by atoms with E-state index < -0.39 is 47.5 Å². The zero-order valence-corrected chi connectivity index (χ0v) is 23.6. The van der Waals surface area contributed by atoms with Gasteiger partial charge in [-0.15, -0.1) is 0 Å². The number of halogens is 5. The number of carbonyl (C=O) groups is 4. The Morgan fingerprint density at radius 1 is 1.30 bits per heavy atom. The van der Waals surface area contributed by atoms with E-state index in [1.807, 2.05) is 7.05 Å². The SMILES string of the molecule is C[NH2+]c1cc(C(=O)N[C@@H](CC2CC2)C(=O)N2C(=O)O[C@]3(CCCNC3)c3c2ccc(Cl)c3F)ccn1.O=C([O-])C(F)(F)F. The largest absolute Gasteiger partial charge is 0.542 e. The summed E-state index contributed by atoms with van der Waals surface area (Å²) in [4.78, 5) is 53.9. The Bertz CT molecular complexity index is 1410. The van der Waals surface area contributed by atoms with Crippen molar-refractivity contribution in [3.8, 4) is 0 Å². The molecular weight excluding hydrogens is 602 g/mol. The Hall–Kier alpha value is -3.82. The molecule has 232 valence electrons. The summed E-state index contributed by atoms with van der Waals surface area (Å²) in [6.07, 6.45) is -1.27. The van der Waals surface area contributed by atoms with E-state index in [4.69, 9.17) is 26.2 Å². The van der Waals surface area contributed by atoms with Crippen LogP contribution in [-0.4, -0.2) is 61.2 Å². The second-order valence-corrected chi connectivity index (χ2v) is 10.7. The summed E-state index contributed by atoms with van der Waals surface area (Å²) in [6, 6.07) is 4.98. The highest BCUT2D eigenvalue weighted by molar-refractivity contribution is 6.31. The molecule has 0 unspecified atom stereocenters. The lowest BCUT2D eigenvalue weighted by molar-refractivity contribution is -0.543. The van der Waals surface area contributed by atoms with E-state index in [9.17, 15) is 27.6 Å². The molecule has 1 aromatic carbocycles. The van der Waals surface area contributed by atoms with Gasteiger partial charge < -0.3 is 25.3 Å². The molecule has 4 N–H and O–H groups in total. The van der Waals surface area contributed by atoms with E-state index in [2.05, 4.69) is 15.6 Å². The minimum Gasteiger partial charge on any atom is -0.542 e. The second-order valence-electron chi connectivity index (χ2n) is 10.3. The van der Waals surface area contributed by atoms with Crippen LogP contribution in [0.1, 0.15) is 48.0 Å². The van der Waals surface area contributed by atoms with Crippen LogP contribution in [0.5, 0.6) is 0 Å². The van der Waals surface area contributed by atoms with Gasteiger partial charge >= 0.3 is 12.3 Å². The van der Waals surface area contributed by atoms with E-state index in [1.165, 1.54) is 18.3 Å². The summed E-state index contributed by atoms with van der Waals surface area (Å²) in [6.45, 7) is 0.924. The molecule has 1 spiro atoms. The van der Waals surface area contributed by atoms with Gasteiger partial charge in [0.2, 0.25) is 5.82 Å². The number of quaternary nitrogens is 1. The van der Waals surface area contributed by atoms with Gasteiger partial charge in [0.15, 0.2) is 11.4 Å². The highest BCUT2D eigenvalue weighted by atomic mass is 35.5. The monoisotopic (exact) mass is 629 g/mol. The third-order valence-corrected chi connectivity index (χ3v) is 7.53. The Labute approximate surface area is 247 Å². The van der Waals surface area contributed by atoms with Gasteiger partial charge in [0, 0.05) is 24.4 Å². The third kappa shape index (κ3) is 7.22. The maximum atomic E-state index is 15.4. The van der Waals surface area contributed by atoms with Crippen molar-refractivity contribution in [3.63, 3.8) is 0 Å². The number of amides is 3. The van der Waals surface area contributed by atoms with Crippen LogP contribution in [0.3, 0.4) is 0 Å². The molecule has 2 aromatic rings. The molecule has 1 saturated heterocycles. The van der Waals surface area contributed by atoms with Crippen LogP contribution in [0.2, 0.25) is 5.02 Å². The van der Waals surface area contributed by atoms with Crippen LogP contribution < -0.4 is 26.0 Å². The van der Waals surface area contributed by atoms with Crippen LogP contribution in [0.15, 0.2) is 30.5 Å². The normalized spacial score (nSPS) is 20.3. The number of fused-ring (bicyclic) bond motifs is 2. The Balaban J connectivity index is 0.000000541. The Morgan fingerprint density at radius 2 is 2.00 bits per heavy atom. The second kappa shape index (κ2) is 12.8. The number of hydrogen-bond donors (Lipinski definition) is 3. The van der Waals surface area contributed by atoms with Gasteiger partial charge in [0.25, 0.3) is 11.8 Å². The number of nitrogens with two attached hydrogens (primary N) is 1. The number of rotatable bonds is 6.